The van der Waals surface area contributed by atoms with E-state index in [4.69, 9.17) is 14.6 Å². The van der Waals surface area contributed by atoms with E-state index in [0.717, 1.165) is 16.8 Å². The summed E-state index contributed by atoms with van der Waals surface area (Å²) in [4.78, 5) is 34.8. The molecule has 0 unspecified atom stereocenters. The van der Waals surface area contributed by atoms with Crippen LogP contribution in [0, 0.1) is 0 Å². The number of carboxylic acid groups (broad SMARTS) is 1. The minimum absolute atomic E-state index is 0.0677. The number of pyridine rings is 1. The average molecular weight is 346 g/mol. The molecule has 0 saturated carbocycles. The molecule has 0 radical (unpaired) electrons. The number of rotatable bonds is 7. The quantitative estimate of drug-likeness (QED) is 0.771. The van der Waals surface area contributed by atoms with Crippen molar-refractivity contribution in [2.24, 2.45) is 0 Å². The van der Waals surface area contributed by atoms with E-state index in [2.05, 4.69) is 5.32 Å². The maximum atomic E-state index is 12.1. The molecule has 1 aromatic carbocycles. The second-order valence-corrected chi connectivity index (χ2v) is 5.12. The number of carbonyl (C=O) groups excluding carboxylic acids is 1. The molecule has 0 aliphatic rings. The molecule has 0 aliphatic carbocycles. The third kappa shape index (κ3) is 4.37. The van der Waals surface area contributed by atoms with Crippen LogP contribution in [0.25, 0.3) is 0 Å². The molecule has 0 atom stereocenters. The maximum Gasteiger partial charge on any atom is 0.337 e. The van der Waals surface area contributed by atoms with Gasteiger partial charge in [-0.1, -0.05) is 12.1 Å². The number of aromatic nitrogens is 1. The Morgan fingerprint density at radius 3 is 2.56 bits per heavy atom. The molecule has 132 valence electrons. The number of benzene rings is 1. The van der Waals surface area contributed by atoms with Gasteiger partial charge >= 0.3 is 5.97 Å². The van der Waals surface area contributed by atoms with Crippen LogP contribution in [0.2, 0.25) is 0 Å². The van der Waals surface area contributed by atoms with Gasteiger partial charge in [0.25, 0.3) is 5.56 Å². The Bertz CT molecular complexity index is 843. The second kappa shape index (κ2) is 8.00. The number of nitrogens with one attached hydrogen (secondary N) is 1. The van der Waals surface area contributed by atoms with Crippen LogP contribution in [0.5, 0.6) is 11.5 Å². The van der Waals surface area contributed by atoms with E-state index in [1.807, 2.05) is 0 Å². The first-order chi connectivity index (χ1) is 12.0. The van der Waals surface area contributed by atoms with Crippen molar-refractivity contribution in [2.75, 3.05) is 14.2 Å². The van der Waals surface area contributed by atoms with Gasteiger partial charge in [-0.15, -0.1) is 0 Å². The molecule has 2 N–H and O–H groups in total. The van der Waals surface area contributed by atoms with Crippen LogP contribution in [0.3, 0.4) is 0 Å². The summed E-state index contributed by atoms with van der Waals surface area (Å²) in [6.07, 6.45) is 1.14. The molecule has 1 heterocycles. The molecule has 25 heavy (non-hydrogen) atoms. The van der Waals surface area contributed by atoms with Gasteiger partial charge in [0, 0.05) is 24.4 Å². The molecule has 0 aliphatic heterocycles. The Hall–Kier alpha value is -3.29. The number of hydrogen-bond donors (Lipinski definition) is 2. The lowest BCUT2D eigenvalue weighted by molar-refractivity contribution is -0.121. The molecule has 8 nitrogen and oxygen atoms in total. The standard InChI is InChI=1S/C17H18N2O6/c1-24-13-5-3-4-11(16(13)25-2)8-18-14(20)10-19-9-12(17(22)23)6-7-15(19)21/h3-7,9H,8,10H2,1-2H3,(H,18,20)(H,22,23). The highest BCUT2D eigenvalue weighted by atomic mass is 16.5. The molecule has 2 aromatic rings. The van der Waals surface area contributed by atoms with Gasteiger partial charge in [-0.2, -0.15) is 0 Å². The summed E-state index contributed by atoms with van der Waals surface area (Å²) < 4.78 is 11.5. The third-order valence-corrected chi connectivity index (χ3v) is 3.50. The summed E-state index contributed by atoms with van der Waals surface area (Å²) in [5.41, 5.74) is 0.183. The van der Waals surface area contributed by atoms with Crippen molar-refractivity contribution in [3.05, 3.63) is 58.0 Å². The minimum Gasteiger partial charge on any atom is -0.493 e. The molecular weight excluding hydrogens is 328 g/mol. The van der Waals surface area contributed by atoms with E-state index >= 15 is 0 Å². The van der Waals surface area contributed by atoms with Crippen LogP contribution in [-0.2, 0) is 17.9 Å². The zero-order chi connectivity index (χ0) is 18.4. The van der Waals surface area contributed by atoms with Crippen molar-refractivity contribution in [3.8, 4) is 11.5 Å². The van der Waals surface area contributed by atoms with Crippen molar-refractivity contribution in [1.82, 2.24) is 9.88 Å². The first kappa shape index (κ1) is 18.1. The number of carbonyl (C=O) groups is 2. The topological polar surface area (TPSA) is 107 Å². The van der Waals surface area contributed by atoms with Crippen LogP contribution < -0.4 is 20.3 Å². The molecule has 0 spiro atoms. The van der Waals surface area contributed by atoms with Crippen LogP contribution in [-0.4, -0.2) is 35.8 Å². The Balaban J connectivity index is 2.08. The summed E-state index contributed by atoms with van der Waals surface area (Å²) in [5, 5.41) is 11.6. The second-order valence-electron chi connectivity index (χ2n) is 5.12. The highest BCUT2D eigenvalue weighted by molar-refractivity contribution is 5.87. The van der Waals surface area contributed by atoms with E-state index in [1.54, 1.807) is 18.2 Å². The van der Waals surface area contributed by atoms with E-state index < -0.39 is 17.4 Å². The van der Waals surface area contributed by atoms with Gasteiger partial charge in [0.1, 0.15) is 6.54 Å². The molecular formula is C17H18N2O6. The summed E-state index contributed by atoms with van der Waals surface area (Å²) in [6, 6.07) is 7.59. The van der Waals surface area contributed by atoms with Gasteiger partial charge in [-0.05, 0) is 12.1 Å². The minimum atomic E-state index is -1.17. The predicted molar refractivity (Wildman–Crippen MR) is 89.1 cm³/mol. The number of ether oxygens (including phenoxy) is 2. The summed E-state index contributed by atoms with van der Waals surface area (Å²) in [5.74, 6) is -0.556. The maximum absolute atomic E-state index is 12.1. The Morgan fingerprint density at radius 2 is 1.92 bits per heavy atom. The van der Waals surface area contributed by atoms with Gasteiger partial charge in [0.2, 0.25) is 5.91 Å². The van der Waals surface area contributed by atoms with Gasteiger partial charge < -0.3 is 24.5 Å². The number of para-hydroxylation sites is 1. The third-order valence-electron chi connectivity index (χ3n) is 3.50. The first-order valence-electron chi connectivity index (χ1n) is 7.36. The average Bonchev–Trinajstić information content (AvgIpc) is 2.61. The van der Waals surface area contributed by atoms with Crippen molar-refractivity contribution < 1.29 is 24.2 Å². The van der Waals surface area contributed by atoms with E-state index in [0.29, 0.717) is 17.1 Å². The van der Waals surface area contributed by atoms with Crippen molar-refractivity contribution in [3.63, 3.8) is 0 Å². The molecule has 8 heteroatoms. The monoisotopic (exact) mass is 346 g/mol. The molecule has 2 rings (SSSR count). The van der Waals surface area contributed by atoms with E-state index in [1.165, 1.54) is 20.3 Å². The smallest absolute Gasteiger partial charge is 0.337 e. The fraction of sp³-hybridized carbons (Fsp3) is 0.235. The number of aromatic carboxylic acids is 1. The lowest BCUT2D eigenvalue weighted by Crippen LogP contribution is -2.32. The number of amides is 1. The van der Waals surface area contributed by atoms with Crippen LogP contribution in [0.15, 0.2) is 41.3 Å². The number of methoxy groups -OCH3 is 2. The van der Waals surface area contributed by atoms with Crippen LogP contribution in [0.1, 0.15) is 15.9 Å². The highest BCUT2D eigenvalue weighted by Crippen LogP contribution is 2.30. The lowest BCUT2D eigenvalue weighted by Gasteiger charge is -2.13. The summed E-state index contributed by atoms with van der Waals surface area (Å²) in [6.45, 7) is -0.112. The lowest BCUT2D eigenvalue weighted by atomic mass is 10.2. The predicted octanol–water partition coefficient (Wildman–Crippen LogP) is 0.880. The van der Waals surface area contributed by atoms with Crippen LogP contribution in [0.4, 0.5) is 0 Å². The van der Waals surface area contributed by atoms with Crippen LogP contribution >= 0.6 is 0 Å². The number of hydrogen-bond acceptors (Lipinski definition) is 5. The zero-order valence-corrected chi connectivity index (χ0v) is 13.8. The Morgan fingerprint density at radius 1 is 1.16 bits per heavy atom. The fourth-order valence-corrected chi connectivity index (χ4v) is 2.28. The van der Waals surface area contributed by atoms with Crippen molar-refractivity contribution in [1.29, 1.82) is 0 Å². The molecule has 0 fully saturated rings. The summed E-state index contributed by atoms with van der Waals surface area (Å²) >= 11 is 0. The fourth-order valence-electron chi connectivity index (χ4n) is 2.28. The van der Waals surface area contributed by atoms with Crippen molar-refractivity contribution >= 4 is 11.9 Å². The molecule has 0 bridgehead atoms. The van der Waals surface area contributed by atoms with Gasteiger partial charge in [-0.25, -0.2) is 4.79 Å². The number of nitrogens with zero attached hydrogens (tertiary/aromatic N) is 1. The normalized spacial score (nSPS) is 10.2. The SMILES string of the molecule is COc1cccc(CNC(=O)Cn2cc(C(=O)O)ccc2=O)c1OC. The zero-order valence-electron chi connectivity index (χ0n) is 13.8. The van der Waals surface area contributed by atoms with E-state index in [-0.39, 0.29) is 18.7 Å². The summed E-state index contributed by atoms with van der Waals surface area (Å²) in [7, 11) is 3.02. The molecule has 0 saturated heterocycles. The van der Waals surface area contributed by atoms with Crippen molar-refractivity contribution in [2.45, 2.75) is 13.1 Å². The van der Waals surface area contributed by atoms with Gasteiger partial charge in [-0.3, -0.25) is 9.59 Å². The highest BCUT2D eigenvalue weighted by Gasteiger charge is 2.12. The Labute approximate surface area is 143 Å². The number of carboxylic acids is 1. The van der Waals surface area contributed by atoms with Gasteiger partial charge in [0.15, 0.2) is 11.5 Å². The van der Waals surface area contributed by atoms with E-state index in [9.17, 15) is 14.4 Å². The molecule has 1 amide bonds. The first-order valence-corrected chi connectivity index (χ1v) is 7.36. The Kier molecular flexibility index (Phi) is 5.78. The molecule has 1 aromatic heterocycles. The van der Waals surface area contributed by atoms with Gasteiger partial charge in [0.05, 0.1) is 19.8 Å². The largest absolute Gasteiger partial charge is 0.493 e.